The van der Waals surface area contributed by atoms with Gasteiger partial charge in [-0.15, -0.1) is 0 Å². The first-order valence-electron chi connectivity index (χ1n) is 6.93. The van der Waals surface area contributed by atoms with Crippen molar-refractivity contribution in [3.05, 3.63) is 35.6 Å². The summed E-state index contributed by atoms with van der Waals surface area (Å²) in [5.41, 5.74) is 0.905. The van der Waals surface area contributed by atoms with Crippen molar-refractivity contribution in [3.8, 4) is 0 Å². The molecule has 0 radical (unpaired) electrons. The van der Waals surface area contributed by atoms with Crippen molar-refractivity contribution in [2.24, 2.45) is 0 Å². The van der Waals surface area contributed by atoms with Crippen LogP contribution in [0.1, 0.15) is 18.4 Å². The van der Waals surface area contributed by atoms with E-state index >= 15 is 0 Å². The molecule has 1 N–H and O–H groups in total. The van der Waals surface area contributed by atoms with Gasteiger partial charge in [0.1, 0.15) is 5.82 Å². The van der Waals surface area contributed by atoms with E-state index in [4.69, 9.17) is 0 Å². The number of hydrogen-bond donors (Lipinski definition) is 1. The number of likely N-dealkylation sites (tertiary alicyclic amines) is 1. The Hall–Kier alpha value is -1.46. The molecule has 2 rings (SSSR count). The molecule has 1 atom stereocenters. The van der Waals surface area contributed by atoms with Crippen LogP contribution in [0.5, 0.6) is 0 Å². The first-order chi connectivity index (χ1) is 9.60. The molecule has 0 bridgehead atoms. The number of aliphatic hydroxyl groups is 1. The van der Waals surface area contributed by atoms with E-state index in [1.54, 1.807) is 24.1 Å². The number of halogens is 1. The Morgan fingerprint density at radius 3 is 2.80 bits per heavy atom. The summed E-state index contributed by atoms with van der Waals surface area (Å²) in [4.78, 5) is 15.8. The number of carbonyl (C=O) groups excluding carboxylic acids is 1. The largest absolute Gasteiger partial charge is 0.395 e. The number of rotatable bonds is 5. The van der Waals surface area contributed by atoms with Crippen molar-refractivity contribution < 1.29 is 14.3 Å². The zero-order chi connectivity index (χ0) is 14.5. The van der Waals surface area contributed by atoms with Crippen LogP contribution in [0.4, 0.5) is 4.39 Å². The second kappa shape index (κ2) is 6.81. The van der Waals surface area contributed by atoms with Gasteiger partial charge < -0.3 is 10.0 Å². The number of hydrogen-bond acceptors (Lipinski definition) is 3. The van der Waals surface area contributed by atoms with Gasteiger partial charge in [-0.1, -0.05) is 12.1 Å². The number of aliphatic hydroxyl groups excluding tert-OH is 1. The number of carbonyl (C=O) groups is 1. The van der Waals surface area contributed by atoms with Crippen LogP contribution in [-0.2, 0) is 11.3 Å². The summed E-state index contributed by atoms with van der Waals surface area (Å²) in [6.45, 7) is 1.77. The second-order valence-electron chi connectivity index (χ2n) is 5.33. The summed E-state index contributed by atoms with van der Waals surface area (Å²) in [6.07, 6.45) is 1.98. The Bertz CT molecular complexity index is 450. The van der Waals surface area contributed by atoms with E-state index in [0.29, 0.717) is 13.1 Å². The zero-order valence-electron chi connectivity index (χ0n) is 11.8. The van der Waals surface area contributed by atoms with Crippen LogP contribution in [0, 0.1) is 5.82 Å². The van der Waals surface area contributed by atoms with Crippen LogP contribution in [0.3, 0.4) is 0 Å². The first kappa shape index (κ1) is 14.9. The highest BCUT2D eigenvalue weighted by Gasteiger charge is 2.26. The van der Waals surface area contributed by atoms with Crippen LogP contribution in [0.25, 0.3) is 0 Å². The van der Waals surface area contributed by atoms with E-state index in [-0.39, 0.29) is 24.4 Å². The van der Waals surface area contributed by atoms with E-state index in [1.807, 2.05) is 4.90 Å². The van der Waals surface area contributed by atoms with Gasteiger partial charge in [-0.3, -0.25) is 9.69 Å². The van der Waals surface area contributed by atoms with Gasteiger partial charge in [0, 0.05) is 19.6 Å². The molecule has 1 saturated heterocycles. The fourth-order valence-electron chi connectivity index (χ4n) is 2.56. The maximum absolute atomic E-state index is 12.8. The minimum atomic E-state index is -0.273. The third kappa shape index (κ3) is 3.77. The first-order valence-corrected chi connectivity index (χ1v) is 6.93. The molecule has 1 aliphatic heterocycles. The molecule has 0 aliphatic carbocycles. The molecule has 1 heterocycles. The fourth-order valence-corrected chi connectivity index (χ4v) is 2.56. The number of nitrogens with zero attached hydrogens (tertiary/aromatic N) is 2. The van der Waals surface area contributed by atoms with Crippen molar-refractivity contribution in [3.63, 3.8) is 0 Å². The van der Waals surface area contributed by atoms with Crippen LogP contribution in [0.15, 0.2) is 24.3 Å². The number of likely N-dealkylation sites (N-methyl/N-ethyl adjacent to an activating group) is 1. The van der Waals surface area contributed by atoms with Gasteiger partial charge in [0.2, 0.25) is 5.91 Å². The van der Waals surface area contributed by atoms with Crippen molar-refractivity contribution in [1.82, 2.24) is 9.80 Å². The fraction of sp³-hybridized carbons (Fsp3) is 0.533. The van der Waals surface area contributed by atoms with Crippen molar-refractivity contribution in [2.45, 2.75) is 25.4 Å². The Morgan fingerprint density at radius 2 is 2.15 bits per heavy atom. The summed E-state index contributed by atoms with van der Waals surface area (Å²) in [5.74, 6) is -0.250. The lowest BCUT2D eigenvalue weighted by atomic mass is 10.2. The smallest absolute Gasteiger partial charge is 0.236 e. The quantitative estimate of drug-likeness (QED) is 0.882. The van der Waals surface area contributed by atoms with E-state index < -0.39 is 0 Å². The molecule has 0 spiro atoms. The summed E-state index contributed by atoms with van der Waals surface area (Å²) in [6, 6.07) is 6.28. The molecule has 1 amide bonds. The highest BCUT2D eigenvalue weighted by molar-refractivity contribution is 5.78. The predicted octanol–water partition coefficient (Wildman–Crippen LogP) is 1.24. The van der Waals surface area contributed by atoms with Crippen LogP contribution < -0.4 is 0 Å². The summed E-state index contributed by atoms with van der Waals surface area (Å²) < 4.78 is 12.8. The van der Waals surface area contributed by atoms with E-state index in [0.717, 1.165) is 24.9 Å². The predicted molar refractivity (Wildman–Crippen MR) is 74.6 cm³/mol. The second-order valence-corrected chi connectivity index (χ2v) is 5.33. The number of amides is 1. The summed E-state index contributed by atoms with van der Waals surface area (Å²) in [5, 5.41) is 9.25. The van der Waals surface area contributed by atoms with E-state index in [9.17, 15) is 14.3 Å². The average molecular weight is 280 g/mol. The molecule has 20 heavy (non-hydrogen) atoms. The normalized spacial score (nSPS) is 19.2. The van der Waals surface area contributed by atoms with Gasteiger partial charge in [-0.2, -0.15) is 0 Å². The topological polar surface area (TPSA) is 43.8 Å². The average Bonchev–Trinajstić information content (AvgIpc) is 2.88. The van der Waals surface area contributed by atoms with Crippen LogP contribution >= 0.6 is 0 Å². The molecule has 1 aliphatic rings. The van der Waals surface area contributed by atoms with Crippen LogP contribution in [-0.4, -0.2) is 53.6 Å². The molecule has 1 aromatic carbocycles. The number of benzene rings is 1. The monoisotopic (exact) mass is 280 g/mol. The summed E-state index contributed by atoms with van der Waals surface area (Å²) >= 11 is 0. The van der Waals surface area contributed by atoms with Crippen molar-refractivity contribution in [1.29, 1.82) is 0 Å². The molecule has 4 nitrogen and oxygen atoms in total. The Kier molecular flexibility index (Phi) is 5.09. The van der Waals surface area contributed by atoms with Gasteiger partial charge >= 0.3 is 0 Å². The molecule has 0 saturated carbocycles. The van der Waals surface area contributed by atoms with Crippen molar-refractivity contribution >= 4 is 5.91 Å². The molecule has 5 heteroatoms. The molecular weight excluding hydrogens is 259 g/mol. The lowest BCUT2D eigenvalue weighted by Crippen LogP contribution is -2.41. The van der Waals surface area contributed by atoms with Crippen LogP contribution in [0.2, 0.25) is 0 Å². The third-order valence-corrected chi connectivity index (χ3v) is 3.81. The Labute approximate surface area is 118 Å². The lowest BCUT2D eigenvalue weighted by molar-refractivity contribution is -0.132. The van der Waals surface area contributed by atoms with Gasteiger partial charge in [0.25, 0.3) is 0 Å². The molecule has 0 aromatic heterocycles. The Balaban J connectivity index is 1.87. The van der Waals surface area contributed by atoms with Gasteiger partial charge in [0.05, 0.1) is 13.2 Å². The molecule has 1 aromatic rings. The summed E-state index contributed by atoms with van der Waals surface area (Å²) in [7, 11) is 1.75. The maximum Gasteiger partial charge on any atom is 0.236 e. The minimum absolute atomic E-state index is 0.0228. The van der Waals surface area contributed by atoms with Crippen molar-refractivity contribution in [2.75, 3.05) is 26.7 Å². The third-order valence-electron chi connectivity index (χ3n) is 3.81. The van der Waals surface area contributed by atoms with Gasteiger partial charge in [-0.25, -0.2) is 4.39 Å². The standard InChI is InChI=1S/C15H21FN2O2/c1-17(9-12-4-6-13(16)7-5-12)15(20)10-18-8-2-3-14(18)11-19/h4-7,14,19H,2-3,8-11H2,1H3/t14-/m0/s1. The SMILES string of the molecule is CN(Cc1ccc(F)cc1)C(=O)CN1CCC[C@H]1CO. The van der Waals surface area contributed by atoms with E-state index in [1.165, 1.54) is 12.1 Å². The highest BCUT2D eigenvalue weighted by atomic mass is 19.1. The molecule has 0 unspecified atom stereocenters. The maximum atomic E-state index is 12.8. The molecule has 1 fully saturated rings. The van der Waals surface area contributed by atoms with Gasteiger partial charge in [0.15, 0.2) is 0 Å². The highest BCUT2D eigenvalue weighted by Crippen LogP contribution is 2.16. The van der Waals surface area contributed by atoms with E-state index in [2.05, 4.69) is 0 Å². The molecular formula is C15H21FN2O2. The Morgan fingerprint density at radius 1 is 1.45 bits per heavy atom. The minimum Gasteiger partial charge on any atom is -0.395 e. The molecule has 110 valence electrons. The van der Waals surface area contributed by atoms with Gasteiger partial charge in [-0.05, 0) is 37.1 Å². The zero-order valence-corrected chi connectivity index (χ0v) is 11.8. The lowest BCUT2D eigenvalue weighted by Gasteiger charge is -2.25.